The molecule has 0 spiro atoms. The molecule has 1 aromatic heterocycles. The minimum Gasteiger partial charge on any atom is -0.446 e. The molecule has 2 heterocycles. The van der Waals surface area contributed by atoms with Crippen molar-refractivity contribution in [3.63, 3.8) is 0 Å². The van der Waals surface area contributed by atoms with Crippen molar-refractivity contribution in [3.8, 4) is 0 Å². The first-order valence-corrected chi connectivity index (χ1v) is 5.24. The highest BCUT2D eigenvalue weighted by Crippen LogP contribution is 2.22. The smallest absolute Gasteiger partial charge is 0.195 e. The lowest BCUT2D eigenvalue weighted by atomic mass is 10.1. The second-order valence-electron chi connectivity index (χ2n) is 3.64. The molecule has 1 aliphatic heterocycles. The number of aryl methyl sites for hydroxylation is 1. The van der Waals surface area contributed by atoms with Gasteiger partial charge >= 0.3 is 0 Å². The maximum absolute atomic E-state index is 5.70. The molecule has 2 heteroatoms. The van der Waals surface area contributed by atoms with E-state index in [1.807, 2.05) is 0 Å². The Kier molecular flexibility index (Phi) is 2.57. The summed E-state index contributed by atoms with van der Waals surface area (Å²) in [5, 5.41) is 0. The van der Waals surface area contributed by atoms with Crippen LogP contribution in [0.5, 0.6) is 0 Å². The molecule has 1 aliphatic rings. The number of anilines is 1. The molecule has 1 saturated heterocycles. The van der Waals surface area contributed by atoms with Crippen LogP contribution in [-0.2, 0) is 6.42 Å². The van der Waals surface area contributed by atoms with Gasteiger partial charge in [-0.1, -0.05) is 6.92 Å². The molecule has 0 aliphatic carbocycles. The van der Waals surface area contributed by atoms with E-state index in [4.69, 9.17) is 4.42 Å². The lowest BCUT2D eigenvalue weighted by molar-refractivity contribution is 0.475. The van der Waals surface area contributed by atoms with Crippen LogP contribution < -0.4 is 4.90 Å². The van der Waals surface area contributed by atoms with E-state index in [-0.39, 0.29) is 0 Å². The molecular formula is C11H17NO. The van der Waals surface area contributed by atoms with Gasteiger partial charge in [0.2, 0.25) is 0 Å². The van der Waals surface area contributed by atoms with Gasteiger partial charge in [0.05, 0.1) is 0 Å². The van der Waals surface area contributed by atoms with Crippen LogP contribution in [0.4, 0.5) is 5.88 Å². The molecule has 0 bridgehead atoms. The lowest BCUT2D eigenvalue weighted by Crippen LogP contribution is -2.28. The minimum absolute atomic E-state index is 0.994. The van der Waals surface area contributed by atoms with Crippen LogP contribution in [0.1, 0.15) is 31.9 Å². The van der Waals surface area contributed by atoms with E-state index < -0.39 is 0 Å². The molecule has 2 rings (SSSR count). The van der Waals surface area contributed by atoms with Gasteiger partial charge in [-0.3, -0.25) is 0 Å². The predicted molar refractivity (Wildman–Crippen MR) is 54.2 cm³/mol. The first-order valence-electron chi connectivity index (χ1n) is 5.24. The average Bonchev–Trinajstić information content (AvgIpc) is 2.67. The molecule has 1 aromatic rings. The van der Waals surface area contributed by atoms with Crippen molar-refractivity contribution in [1.82, 2.24) is 0 Å². The summed E-state index contributed by atoms with van der Waals surface area (Å²) in [5.41, 5.74) is 0. The molecule has 0 saturated carbocycles. The molecule has 2 nitrogen and oxygen atoms in total. The maximum atomic E-state index is 5.70. The van der Waals surface area contributed by atoms with E-state index in [9.17, 15) is 0 Å². The number of hydrogen-bond donors (Lipinski definition) is 0. The molecule has 1 fully saturated rings. The molecule has 13 heavy (non-hydrogen) atoms. The van der Waals surface area contributed by atoms with Gasteiger partial charge in [-0.2, -0.15) is 0 Å². The highest BCUT2D eigenvalue weighted by Gasteiger charge is 2.13. The van der Waals surface area contributed by atoms with Gasteiger partial charge in [-0.15, -0.1) is 0 Å². The van der Waals surface area contributed by atoms with E-state index in [1.165, 1.54) is 19.3 Å². The topological polar surface area (TPSA) is 16.4 Å². The Morgan fingerprint density at radius 2 is 2.00 bits per heavy atom. The van der Waals surface area contributed by atoms with E-state index in [2.05, 4.69) is 24.0 Å². The molecule has 72 valence electrons. The van der Waals surface area contributed by atoms with Crippen molar-refractivity contribution in [2.75, 3.05) is 18.0 Å². The van der Waals surface area contributed by atoms with Crippen molar-refractivity contribution in [2.45, 2.75) is 32.6 Å². The molecule has 0 radical (unpaired) electrons. The van der Waals surface area contributed by atoms with Crippen molar-refractivity contribution >= 4 is 5.88 Å². The Bertz CT molecular complexity index is 261. The van der Waals surface area contributed by atoms with Gasteiger partial charge in [0, 0.05) is 25.6 Å². The summed E-state index contributed by atoms with van der Waals surface area (Å²) in [6, 6.07) is 4.19. The van der Waals surface area contributed by atoms with Crippen LogP contribution in [0.15, 0.2) is 16.5 Å². The van der Waals surface area contributed by atoms with Gasteiger partial charge < -0.3 is 9.32 Å². The van der Waals surface area contributed by atoms with Crippen LogP contribution in [-0.4, -0.2) is 13.1 Å². The molecule has 0 atom stereocenters. The average molecular weight is 179 g/mol. The predicted octanol–water partition coefficient (Wildman–Crippen LogP) is 2.83. The van der Waals surface area contributed by atoms with E-state index in [0.29, 0.717) is 0 Å². The summed E-state index contributed by atoms with van der Waals surface area (Å²) in [5.74, 6) is 2.16. The van der Waals surface area contributed by atoms with Crippen molar-refractivity contribution in [3.05, 3.63) is 17.9 Å². The Morgan fingerprint density at radius 1 is 1.23 bits per heavy atom. The fourth-order valence-corrected chi connectivity index (χ4v) is 1.84. The van der Waals surface area contributed by atoms with E-state index in [0.717, 1.165) is 31.2 Å². The summed E-state index contributed by atoms with van der Waals surface area (Å²) < 4.78 is 5.70. The van der Waals surface area contributed by atoms with Crippen LogP contribution in [0.25, 0.3) is 0 Å². The lowest BCUT2D eigenvalue weighted by Gasteiger charge is -2.25. The maximum Gasteiger partial charge on any atom is 0.195 e. The second-order valence-corrected chi connectivity index (χ2v) is 3.64. The first-order chi connectivity index (χ1) is 6.40. The van der Waals surface area contributed by atoms with Crippen molar-refractivity contribution in [1.29, 1.82) is 0 Å². The quantitative estimate of drug-likeness (QED) is 0.694. The van der Waals surface area contributed by atoms with Gasteiger partial charge in [0.15, 0.2) is 5.88 Å². The van der Waals surface area contributed by atoms with Crippen molar-refractivity contribution in [2.24, 2.45) is 0 Å². The SMILES string of the molecule is CCc1ccc(N2CCCCC2)o1. The van der Waals surface area contributed by atoms with E-state index in [1.54, 1.807) is 0 Å². The van der Waals surface area contributed by atoms with Gasteiger partial charge in [0.25, 0.3) is 0 Å². The number of furan rings is 1. The van der Waals surface area contributed by atoms with Crippen molar-refractivity contribution < 1.29 is 4.42 Å². The third-order valence-electron chi connectivity index (χ3n) is 2.66. The zero-order valence-corrected chi connectivity index (χ0v) is 8.25. The molecule has 0 unspecified atom stereocenters. The third kappa shape index (κ3) is 1.87. The van der Waals surface area contributed by atoms with Crippen LogP contribution in [0, 0.1) is 0 Å². The number of hydrogen-bond acceptors (Lipinski definition) is 2. The second kappa shape index (κ2) is 3.86. The molecular weight excluding hydrogens is 162 g/mol. The van der Waals surface area contributed by atoms with Crippen LogP contribution >= 0.6 is 0 Å². The summed E-state index contributed by atoms with van der Waals surface area (Å²) in [4.78, 5) is 2.35. The van der Waals surface area contributed by atoms with Gasteiger partial charge in [0.1, 0.15) is 5.76 Å². The molecule has 0 amide bonds. The van der Waals surface area contributed by atoms with Crippen LogP contribution in [0.2, 0.25) is 0 Å². The zero-order valence-electron chi connectivity index (χ0n) is 8.25. The van der Waals surface area contributed by atoms with Gasteiger partial charge in [-0.25, -0.2) is 0 Å². The monoisotopic (exact) mass is 179 g/mol. The summed E-state index contributed by atoms with van der Waals surface area (Å²) >= 11 is 0. The summed E-state index contributed by atoms with van der Waals surface area (Å²) in [6.07, 6.45) is 4.98. The zero-order chi connectivity index (χ0) is 9.10. The van der Waals surface area contributed by atoms with Gasteiger partial charge in [-0.05, 0) is 25.3 Å². The Morgan fingerprint density at radius 3 is 2.62 bits per heavy atom. The molecule has 0 aromatic carbocycles. The number of rotatable bonds is 2. The van der Waals surface area contributed by atoms with E-state index >= 15 is 0 Å². The number of nitrogens with zero attached hydrogens (tertiary/aromatic N) is 1. The fourth-order valence-electron chi connectivity index (χ4n) is 1.84. The Labute approximate surface area is 79.5 Å². The summed E-state index contributed by atoms with van der Waals surface area (Å²) in [7, 11) is 0. The highest BCUT2D eigenvalue weighted by atomic mass is 16.4. The normalized spacial score (nSPS) is 17.8. The fraction of sp³-hybridized carbons (Fsp3) is 0.636. The third-order valence-corrected chi connectivity index (χ3v) is 2.66. The Balaban J connectivity index is 2.05. The highest BCUT2D eigenvalue weighted by molar-refractivity contribution is 5.36. The minimum atomic E-state index is 0.994. The molecule has 0 N–H and O–H groups in total. The summed E-state index contributed by atoms with van der Waals surface area (Å²) in [6.45, 7) is 4.45. The van der Waals surface area contributed by atoms with Crippen LogP contribution in [0.3, 0.4) is 0 Å². The Hall–Kier alpha value is -0.920. The largest absolute Gasteiger partial charge is 0.446 e. The standard InChI is InChI=1S/C11H17NO/c1-2-10-6-7-11(13-10)12-8-4-3-5-9-12/h6-7H,2-5,8-9H2,1H3. The number of piperidine rings is 1. The first kappa shape index (κ1) is 8.67.